The molecule has 126 valence electrons. The van der Waals surface area contributed by atoms with Crippen molar-refractivity contribution in [2.75, 3.05) is 24.2 Å². The zero-order valence-electron chi connectivity index (χ0n) is 13.7. The molecule has 5 nitrogen and oxygen atoms in total. The lowest BCUT2D eigenvalue weighted by Crippen LogP contribution is -3.14. The summed E-state index contributed by atoms with van der Waals surface area (Å²) in [6.45, 7) is 1.89. The standard InChI is InChI=1S/C18H20FN3O2/c1-13(18(24)21-15-6-4-3-5-7-15)22(2)12-17(23)20-16-10-8-14(19)9-11-16/h3-11,13H,12H2,1-2H3,(H,20,23)(H,21,24)/p+1/t13-/m1/s1. The lowest BCUT2D eigenvalue weighted by molar-refractivity contribution is -0.885. The fourth-order valence-corrected chi connectivity index (χ4v) is 2.14. The Labute approximate surface area is 140 Å². The van der Waals surface area contributed by atoms with Crippen LogP contribution >= 0.6 is 0 Å². The average Bonchev–Trinajstić information content (AvgIpc) is 2.57. The minimum atomic E-state index is -0.399. The van der Waals surface area contributed by atoms with Crippen molar-refractivity contribution in [3.8, 4) is 0 Å². The molecule has 0 aliphatic rings. The maximum atomic E-state index is 12.8. The number of hydrogen-bond donors (Lipinski definition) is 3. The molecule has 0 radical (unpaired) electrons. The van der Waals surface area contributed by atoms with Gasteiger partial charge in [0.05, 0.1) is 7.05 Å². The summed E-state index contributed by atoms with van der Waals surface area (Å²) in [5, 5.41) is 5.50. The maximum Gasteiger partial charge on any atom is 0.282 e. The Balaban J connectivity index is 1.86. The first-order chi connectivity index (χ1) is 11.5. The summed E-state index contributed by atoms with van der Waals surface area (Å²) in [6, 6.07) is 14.3. The van der Waals surface area contributed by atoms with E-state index in [1.54, 1.807) is 26.1 Å². The molecule has 24 heavy (non-hydrogen) atoms. The topological polar surface area (TPSA) is 62.6 Å². The van der Waals surface area contributed by atoms with Crippen LogP contribution in [0.25, 0.3) is 0 Å². The number of rotatable bonds is 6. The number of halogens is 1. The third-order valence-corrected chi connectivity index (χ3v) is 3.74. The van der Waals surface area contributed by atoms with E-state index in [1.807, 2.05) is 18.2 Å². The van der Waals surface area contributed by atoms with Crippen LogP contribution in [0.3, 0.4) is 0 Å². The van der Waals surface area contributed by atoms with E-state index in [2.05, 4.69) is 10.6 Å². The third kappa shape index (κ3) is 5.17. The lowest BCUT2D eigenvalue weighted by Gasteiger charge is -2.20. The highest BCUT2D eigenvalue weighted by Gasteiger charge is 2.24. The van der Waals surface area contributed by atoms with Gasteiger partial charge < -0.3 is 15.5 Å². The molecule has 2 aromatic carbocycles. The molecular formula is C18H21FN3O2+. The largest absolute Gasteiger partial charge is 0.321 e. The smallest absolute Gasteiger partial charge is 0.282 e. The van der Waals surface area contributed by atoms with E-state index in [-0.39, 0.29) is 24.2 Å². The van der Waals surface area contributed by atoms with E-state index in [0.717, 1.165) is 10.6 Å². The Morgan fingerprint density at radius 2 is 1.58 bits per heavy atom. The van der Waals surface area contributed by atoms with Gasteiger partial charge >= 0.3 is 0 Å². The SMILES string of the molecule is C[C@H](C(=O)Nc1ccccc1)[NH+](C)CC(=O)Nc1ccc(F)cc1. The van der Waals surface area contributed by atoms with Crippen molar-refractivity contribution in [3.05, 3.63) is 60.4 Å². The van der Waals surface area contributed by atoms with Crippen LogP contribution in [0, 0.1) is 5.82 Å². The molecule has 2 rings (SSSR count). The van der Waals surface area contributed by atoms with Gasteiger partial charge in [-0.2, -0.15) is 0 Å². The van der Waals surface area contributed by atoms with Gasteiger partial charge in [-0.25, -0.2) is 4.39 Å². The molecule has 0 fully saturated rings. The molecule has 0 aromatic heterocycles. The van der Waals surface area contributed by atoms with Gasteiger partial charge in [0, 0.05) is 11.4 Å². The fraction of sp³-hybridized carbons (Fsp3) is 0.222. The number of benzene rings is 2. The highest BCUT2D eigenvalue weighted by Crippen LogP contribution is 2.07. The van der Waals surface area contributed by atoms with Crippen LogP contribution in [-0.2, 0) is 9.59 Å². The van der Waals surface area contributed by atoms with Crippen LogP contribution in [0.4, 0.5) is 15.8 Å². The van der Waals surface area contributed by atoms with Crippen LogP contribution in [0.15, 0.2) is 54.6 Å². The van der Waals surface area contributed by atoms with Gasteiger partial charge in [-0.3, -0.25) is 9.59 Å². The molecule has 0 spiro atoms. The zero-order chi connectivity index (χ0) is 17.5. The minimum absolute atomic E-state index is 0.126. The number of likely N-dealkylation sites (N-methyl/N-ethyl adjacent to an activating group) is 1. The number of nitrogens with one attached hydrogen (secondary N) is 3. The number of para-hydroxylation sites is 1. The summed E-state index contributed by atoms with van der Waals surface area (Å²) in [5.74, 6) is -0.756. The number of quaternary nitrogens is 1. The summed E-state index contributed by atoms with van der Waals surface area (Å²) in [7, 11) is 1.78. The number of carbonyl (C=O) groups excluding carboxylic acids is 2. The van der Waals surface area contributed by atoms with Gasteiger partial charge in [-0.1, -0.05) is 18.2 Å². The molecule has 0 bridgehead atoms. The number of hydrogen-bond acceptors (Lipinski definition) is 2. The first kappa shape index (κ1) is 17.6. The van der Waals surface area contributed by atoms with E-state index < -0.39 is 6.04 Å². The molecule has 0 saturated carbocycles. The zero-order valence-corrected chi connectivity index (χ0v) is 13.7. The number of amides is 2. The minimum Gasteiger partial charge on any atom is -0.321 e. The molecule has 2 atom stereocenters. The summed E-state index contributed by atoms with van der Waals surface area (Å²) in [5.41, 5.74) is 1.24. The van der Waals surface area contributed by atoms with E-state index in [9.17, 15) is 14.0 Å². The molecule has 2 aromatic rings. The Hall–Kier alpha value is -2.73. The first-order valence-corrected chi connectivity index (χ1v) is 7.69. The Morgan fingerprint density at radius 1 is 1.00 bits per heavy atom. The lowest BCUT2D eigenvalue weighted by atomic mass is 10.2. The fourth-order valence-electron chi connectivity index (χ4n) is 2.14. The van der Waals surface area contributed by atoms with Gasteiger partial charge in [-0.15, -0.1) is 0 Å². The second-order valence-electron chi connectivity index (χ2n) is 5.66. The highest BCUT2D eigenvalue weighted by molar-refractivity contribution is 5.94. The molecule has 1 unspecified atom stereocenters. The van der Waals surface area contributed by atoms with E-state index in [1.165, 1.54) is 24.3 Å². The van der Waals surface area contributed by atoms with Crippen molar-refractivity contribution in [1.29, 1.82) is 0 Å². The highest BCUT2D eigenvalue weighted by atomic mass is 19.1. The Kier molecular flexibility index (Phi) is 6.03. The predicted molar refractivity (Wildman–Crippen MR) is 91.3 cm³/mol. The van der Waals surface area contributed by atoms with Crippen molar-refractivity contribution in [3.63, 3.8) is 0 Å². The van der Waals surface area contributed by atoms with Gasteiger partial charge in [-0.05, 0) is 43.3 Å². The van der Waals surface area contributed by atoms with Gasteiger partial charge in [0.1, 0.15) is 5.82 Å². The number of anilines is 2. The summed E-state index contributed by atoms with van der Waals surface area (Å²) in [6.07, 6.45) is 0. The molecule has 0 aliphatic heterocycles. The summed E-state index contributed by atoms with van der Waals surface area (Å²) < 4.78 is 12.8. The van der Waals surface area contributed by atoms with Crippen molar-refractivity contribution in [2.45, 2.75) is 13.0 Å². The molecule has 3 N–H and O–H groups in total. The molecule has 0 saturated heterocycles. The Morgan fingerprint density at radius 3 is 2.21 bits per heavy atom. The van der Waals surface area contributed by atoms with Crippen LogP contribution in [0.1, 0.15) is 6.92 Å². The predicted octanol–water partition coefficient (Wildman–Crippen LogP) is 1.31. The van der Waals surface area contributed by atoms with Crippen molar-refractivity contribution >= 4 is 23.2 Å². The van der Waals surface area contributed by atoms with E-state index >= 15 is 0 Å². The summed E-state index contributed by atoms with van der Waals surface area (Å²) >= 11 is 0. The quantitative estimate of drug-likeness (QED) is 0.748. The van der Waals surface area contributed by atoms with E-state index in [4.69, 9.17) is 0 Å². The van der Waals surface area contributed by atoms with Crippen LogP contribution in [0.2, 0.25) is 0 Å². The Bertz CT molecular complexity index is 689. The molecule has 0 aliphatic carbocycles. The maximum absolute atomic E-state index is 12.8. The third-order valence-electron chi connectivity index (χ3n) is 3.74. The molecular weight excluding hydrogens is 309 g/mol. The molecule has 0 heterocycles. The van der Waals surface area contributed by atoms with Crippen LogP contribution < -0.4 is 15.5 Å². The summed E-state index contributed by atoms with van der Waals surface area (Å²) in [4.78, 5) is 25.0. The van der Waals surface area contributed by atoms with Gasteiger partial charge in [0.25, 0.3) is 11.8 Å². The molecule has 6 heteroatoms. The average molecular weight is 330 g/mol. The van der Waals surface area contributed by atoms with Crippen LogP contribution in [-0.4, -0.2) is 31.4 Å². The second kappa shape index (κ2) is 8.21. The van der Waals surface area contributed by atoms with Gasteiger partial charge in [0.15, 0.2) is 12.6 Å². The molecule has 2 amide bonds. The van der Waals surface area contributed by atoms with Crippen molar-refractivity contribution in [1.82, 2.24) is 0 Å². The first-order valence-electron chi connectivity index (χ1n) is 7.69. The monoisotopic (exact) mass is 330 g/mol. The second-order valence-corrected chi connectivity index (χ2v) is 5.66. The van der Waals surface area contributed by atoms with E-state index in [0.29, 0.717) is 5.69 Å². The normalized spacial score (nSPS) is 13.0. The van der Waals surface area contributed by atoms with Crippen molar-refractivity contribution < 1.29 is 18.9 Å². The van der Waals surface area contributed by atoms with Gasteiger partial charge in [0.2, 0.25) is 0 Å². The number of carbonyl (C=O) groups is 2. The van der Waals surface area contributed by atoms with Crippen LogP contribution in [0.5, 0.6) is 0 Å². The van der Waals surface area contributed by atoms with Crippen molar-refractivity contribution in [2.24, 2.45) is 0 Å².